The molecule has 1 unspecified atom stereocenters. The van der Waals surface area contributed by atoms with Crippen LogP contribution in [0, 0.1) is 0 Å². The van der Waals surface area contributed by atoms with Gasteiger partial charge in [-0.15, -0.1) is 11.3 Å². The van der Waals surface area contributed by atoms with Gasteiger partial charge in [-0.1, -0.05) is 36.4 Å². The Kier molecular flexibility index (Phi) is 4.44. The second-order valence-corrected chi connectivity index (χ2v) is 8.25. The molecule has 0 aliphatic carbocycles. The maximum Gasteiger partial charge on any atom is 0.119 e. The molecule has 138 valence electrons. The van der Waals surface area contributed by atoms with Crippen molar-refractivity contribution in [3.8, 4) is 16.9 Å². The van der Waals surface area contributed by atoms with Gasteiger partial charge in [0.2, 0.25) is 0 Å². The molecule has 0 saturated carbocycles. The van der Waals surface area contributed by atoms with Crippen molar-refractivity contribution in [2.45, 2.75) is 24.5 Å². The zero-order valence-corrected chi connectivity index (χ0v) is 16.2. The summed E-state index contributed by atoms with van der Waals surface area (Å²) in [5, 5.41) is 6.86. The Bertz CT molecular complexity index is 898. The molecule has 1 N–H and O–H groups in total. The van der Waals surface area contributed by atoms with Crippen LogP contribution in [0.3, 0.4) is 0 Å². The number of hydrogen-bond donors (Lipinski definition) is 1. The van der Waals surface area contributed by atoms with E-state index in [4.69, 9.17) is 4.74 Å². The predicted octanol–water partition coefficient (Wildman–Crippen LogP) is 3.76. The van der Waals surface area contributed by atoms with Gasteiger partial charge in [-0.3, -0.25) is 4.90 Å². The molecule has 27 heavy (non-hydrogen) atoms. The van der Waals surface area contributed by atoms with Crippen molar-refractivity contribution in [2.75, 3.05) is 20.2 Å². The van der Waals surface area contributed by atoms with Crippen molar-refractivity contribution in [1.82, 2.24) is 15.2 Å². The van der Waals surface area contributed by atoms with Crippen molar-refractivity contribution >= 4 is 11.3 Å². The third-order valence-electron chi connectivity index (χ3n) is 5.89. The summed E-state index contributed by atoms with van der Waals surface area (Å²) in [5.74, 6) is 1.51. The number of nitrogens with zero attached hydrogens (tertiary/aromatic N) is 2. The second kappa shape index (κ2) is 7.08. The van der Waals surface area contributed by atoms with Gasteiger partial charge >= 0.3 is 0 Å². The lowest BCUT2D eigenvalue weighted by molar-refractivity contribution is -0.0483. The molecule has 1 aromatic heterocycles. The van der Waals surface area contributed by atoms with E-state index >= 15 is 0 Å². The smallest absolute Gasteiger partial charge is 0.119 e. The minimum atomic E-state index is 0.565. The molecule has 2 aliphatic heterocycles. The van der Waals surface area contributed by atoms with E-state index in [-0.39, 0.29) is 0 Å². The van der Waals surface area contributed by atoms with Crippen LogP contribution in [0.15, 0.2) is 60.1 Å². The van der Waals surface area contributed by atoms with E-state index in [1.54, 1.807) is 18.4 Å². The van der Waals surface area contributed by atoms with E-state index in [1.807, 2.05) is 18.3 Å². The third kappa shape index (κ3) is 3.06. The number of thiazole rings is 1. The molecule has 3 aromatic rings. The van der Waals surface area contributed by atoms with Crippen molar-refractivity contribution in [2.24, 2.45) is 0 Å². The lowest BCUT2D eigenvalue weighted by Crippen LogP contribution is -2.72. The van der Waals surface area contributed by atoms with E-state index in [1.165, 1.54) is 21.7 Å². The summed E-state index contributed by atoms with van der Waals surface area (Å²) in [5.41, 5.74) is 3.88. The maximum atomic E-state index is 5.35. The molecule has 0 spiro atoms. The summed E-state index contributed by atoms with van der Waals surface area (Å²) < 4.78 is 5.35. The molecule has 0 amide bonds. The molecule has 4 nitrogen and oxygen atoms in total. The Hall–Kier alpha value is -2.21. The lowest BCUT2D eigenvalue weighted by Gasteiger charge is -2.59. The number of piperazine rings is 1. The first kappa shape index (κ1) is 16.9. The first-order valence-electron chi connectivity index (χ1n) is 9.43. The van der Waals surface area contributed by atoms with Crippen molar-refractivity contribution in [1.29, 1.82) is 0 Å². The number of nitrogens with one attached hydrogen (secondary N) is 1. The van der Waals surface area contributed by atoms with Crippen LogP contribution in [0.4, 0.5) is 0 Å². The molecule has 5 heteroatoms. The first-order valence-corrected chi connectivity index (χ1v) is 10.3. The number of fused-ring (bicyclic) bond motifs is 2. The summed E-state index contributed by atoms with van der Waals surface area (Å²) >= 11 is 1.76. The molecule has 3 atom stereocenters. The summed E-state index contributed by atoms with van der Waals surface area (Å²) in [6.07, 6.45) is 1.91. The van der Waals surface area contributed by atoms with E-state index in [9.17, 15) is 0 Å². The van der Waals surface area contributed by atoms with Crippen molar-refractivity contribution < 1.29 is 4.74 Å². The van der Waals surface area contributed by atoms with Crippen LogP contribution < -0.4 is 10.1 Å². The van der Waals surface area contributed by atoms with E-state index in [2.05, 4.69) is 57.0 Å². The Morgan fingerprint density at radius 2 is 1.93 bits per heavy atom. The fourth-order valence-electron chi connectivity index (χ4n) is 4.55. The summed E-state index contributed by atoms with van der Waals surface area (Å²) in [6.45, 7) is 3.10. The van der Waals surface area contributed by atoms with Gasteiger partial charge in [-0.25, -0.2) is 4.98 Å². The first-order chi connectivity index (χ1) is 13.3. The Labute approximate surface area is 163 Å². The van der Waals surface area contributed by atoms with E-state index in [0.29, 0.717) is 18.0 Å². The largest absolute Gasteiger partial charge is 0.497 e. The van der Waals surface area contributed by atoms with Crippen LogP contribution in [0.2, 0.25) is 0 Å². The summed E-state index contributed by atoms with van der Waals surface area (Å²) in [4.78, 5) is 7.09. The third-order valence-corrected chi connectivity index (χ3v) is 6.65. The summed E-state index contributed by atoms with van der Waals surface area (Å²) in [7, 11) is 1.71. The normalized spacial score (nSPS) is 24.4. The number of rotatable bonds is 5. The molecule has 2 fully saturated rings. The zero-order chi connectivity index (χ0) is 18.2. The van der Waals surface area contributed by atoms with Gasteiger partial charge in [0.05, 0.1) is 13.7 Å². The number of ether oxygens (including phenoxy) is 1. The fraction of sp³-hybridized carbons (Fsp3) is 0.318. The molecule has 2 aromatic carbocycles. The quantitative estimate of drug-likeness (QED) is 0.735. The number of benzene rings is 2. The van der Waals surface area contributed by atoms with Crippen LogP contribution >= 0.6 is 11.3 Å². The predicted molar refractivity (Wildman–Crippen MR) is 109 cm³/mol. The van der Waals surface area contributed by atoms with Gasteiger partial charge in [-0.2, -0.15) is 0 Å². The Morgan fingerprint density at radius 1 is 1.11 bits per heavy atom. The molecule has 2 saturated heterocycles. The van der Waals surface area contributed by atoms with Crippen LogP contribution in [0.25, 0.3) is 11.1 Å². The van der Waals surface area contributed by atoms with Crippen LogP contribution in [-0.4, -0.2) is 42.2 Å². The monoisotopic (exact) mass is 377 g/mol. The van der Waals surface area contributed by atoms with Gasteiger partial charge in [0.25, 0.3) is 0 Å². The number of likely N-dealkylation sites (tertiary alicyclic amines) is 1. The minimum Gasteiger partial charge on any atom is -0.497 e. The molecule has 2 bridgehead atoms. The number of piperidine rings is 1. The number of aromatic nitrogens is 1. The number of hydrogen-bond acceptors (Lipinski definition) is 5. The standard InChI is InChI=1S/C22H23N3OS/c1-26-18-4-2-3-17(11-18)15-5-7-16(8-6-15)22-19-12-23-13-20(22)25(19)14-21-24-9-10-27-21/h2-11,19-20,22-23H,12-14H2,1H3/t19-,20+,22?. The highest BCUT2D eigenvalue weighted by atomic mass is 32.1. The van der Waals surface area contributed by atoms with E-state index in [0.717, 1.165) is 25.4 Å². The zero-order valence-electron chi connectivity index (χ0n) is 15.3. The molecular weight excluding hydrogens is 354 g/mol. The van der Waals surface area contributed by atoms with Gasteiger partial charge in [0, 0.05) is 42.7 Å². The highest BCUT2D eigenvalue weighted by Gasteiger charge is 2.51. The van der Waals surface area contributed by atoms with Gasteiger partial charge in [-0.05, 0) is 28.8 Å². The van der Waals surface area contributed by atoms with Gasteiger partial charge in [0.1, 0.15) is 10.8 Å². The highest BCUT2D eigenvalue weighted by Crippen LogP contribution is 2.43. The fourth-order valence-corrected chi connectivity index (χ4v) is 5.17. The minimum absolute atomic E-state index is 0.565. The van der Waals surface area contributed by atoms with Crippen LogP contribution in [0.5, 0.6) is 5.75 Å². The second-order valence-electron chi connectivity index (χ2n) is 7.27. The van der Waals surface area contributed by atoms with Gasteiger partial charge in [0.15, 0.2) is 0 Å². The maximum absolute atomic E-state index is 5.35. The van der Waals surface area contributed by atoms with Crippen LogP contribution in [-0.2, 0) is 6.54 Å². The SMILES string of the molecule is COc1cccc(-c2ccc(C3[C@H]4CNC[C@@H]3N4Cc3nccs3)cc2)c1. The topological polar surface area (TPSA) is 37.4 Å². The highest BCUT2D eigenvalue weighted by molar-refractivity contribution is 7.09. The van der Waals surface area contributed by atoms with Crippen LogP contribution in [0.1, 0.15) is 16.5 Å². The van der Waals surface area contributed by atoms with Crippen molar-refractivity contribution in [3.63, 3.8) is 0 Å². The Morgan fingerprint density at radius 3 is 2.63 bits per heavy atom. The molecule has 0 radical (unpaired) electrons. The molecular formula is C22H23N3OS. The molecule has 5 rings (SSSR count). The Balaban J connectivity index is 1.35. The molecule has 3 heterocycles. The average molecular weight is 378 g/mol. The van der Waals surface area contributed by atoms with E-state index < -0.39 is 0 Å². The summed E-state index contributed by atoms with van der Waals surface area (Å²) in [6, 6.07) is 18.5. The number of methoxy groups -OCH3 is 1. The van der Waals surface area contributed by atoms with Crippen molar-refractivity contribution in [3.05, 3.63) is 70.7 Å². The van der Waals surface area contributed by atoms with Gasteiger partial charge < -0.3 is 10.1 Å². The average Bonchev–Trinajstić information content (AvgIpc) is 3.26. The molecule has 2 aliphatic rings. The lowest BCUT2D eigenvalue weighted by atomic mass is 9.72.